The molecule has 0 bridgehead atoms. The van der Waals surface area contributed by atoms with Gasteiger partial charge in [-0.3, -0.25) is 4.98 Å². The maximum atomic E-state index is 5.97. The lowest BCUT2D eigenvalue weighted by Gasteiger charge is -2.22. The van der Waals surface area contributed by atoms with Crippen molar-refractivity contribution >= 4 is 5.65 Å². The standard InChI is InChI=1S/C16H16N4O2/c1-2-16(22-13-5-9-21-10-6-13)19-20-14(11-18-15(1)20)12-3-7-17-8-4-12/h1-4,7-8,11,13H,5-6,9-10H2. The van der Waals surface area contributed by atoms with Gasteiger partial charge in [-0.1, -0.05) is 0 Å². The van der Waals surface area contributed by atoms with Crippen molar-refractivity contribution < 1.29 is 9.47 Å². The van der Waals surface area contributed by atoms with Gasteiger partial charge in [-0.05, 0) is 18.2 Å². The molecule has 0 saturated carbocycles. The normalized spacial score (nSPS) is 16.0. The van der Waals surface area contributed by atoms with Crippen LogP contribution >= 0.6 is 0 Å². The Balaban J connectivity index is 1.67. The van der Waals surface area contributed by atoms with Crippen molar-refractivity contribution in [3.8, 4) is 17.1 Å². The summed E-state index contributed by atoms with van der Waals surface area (Å²) in [5.41, 5.74) is 2.75. The zero-order chi connectivity index (χ0) is 14.8. The number of fused-ring (bicyclic) bond motifs is 1. The topological polar surface area (TPSA) is 61.5 Å². The van der Waals surface area contributed by atoms with Crippen LogP contribution in [0, 0.1) is 0 Å². The summed E-state index contributed by atoms with van der Waals surface area (Å²) in [6, 6.07) is 7.68. The van der Waals surface area contributed by atoms with E-state index in [1.165, 1.54) is 0 Å². The third-order valence-corrected chi connectivity index (χ3v) is 3.77. The maximum absolute atomic E-state index is 5.97. The summed E-state index contributed by atoms with van der Waals surface area (Å²) in [5.74, 6) is 0.618. The summed E-state index contributed by atoms with van der Waals surface area (Å²) in [6.07, 6.45) is 7.32. The van der Waals surface area contributed by atoms with Gasteiger partial charge in [0.15, 0.2) is 5.65 Å². The smallest absolute Gasteiger partial charge is 0.232 e. The number of nitrogens with zero attached hydrogens (tertiary/aromatic N) is 4. The Morgan fingerprint density at radius 3 is 2.73 bits per heavy atom. The summed E-state index contributed by atoms with van der Waals surface area (Å²) in [7, 11) is 0. The van der Waals surface area contributed by atoms with E-state index in [0.717, 1.165) is 43.0 Å². The molecule has 0 atom stereocenters. The second-order valence-electron chi connectivity index (χ2n) is 5.25. The molecule has 1 aliphatic heterocycles. The number of rotatable bonds is 3. The Hall–Kier alpha value is -2.47. The van der Waals surface area contributed by atoms with Crippen LogP contribution in [0.2, 0.25) is 0 Å². The van der Waals surface area contributed by atoms with Crippen LogP contribution in [0.1, 0.15) is 12.8 Å². The van der Waals surface area contributed by atoms with Crippen molar-refractivity contribution in [3.05, 3.63) is 42.9 Å². The van der Waals surface area contributed by atoms with Crippen molar-refractivity contribution in [2.75, 3.05) is 13.2 Å². The van der Waals surface area contributed by atoms with E-state index >= 15 is 0 Å². The fourth-order valence-electron chi connectivity index (χ4n) is 2.60. The van der Waals surface area contributed by atoms with Crippen LogP contribution in [0.15, 0.2) is 42.9 Å². The molecule has 1 aliphatic rings. The van der Waals surface area contributed by atoms with Gasteiger partial charge in [0.25, 0.3) is 0 Å². The minimum absolute atomic E-state index is 0.173. The first-order valence-electron chi connectivity index (χ1n) is 7.40. The molecule has 3 aromatic rings. The Morgan fingerprint density at radius 2 is 1.91 bits per heavy atom. The van der Waals surface area contributed by atoms with Gasteiger partial charge >= 0.3 is 0 Å². The van der Waals surface area contributed by atoms with Crippen LogP contribution in [0.3, 0.4) is 0 Å². The fourth-order valence-corrected chi connectivity index (χ4v) is 2.60. The van der Waals surface area contributed by atoms with E-state index in [4.69, 9.17) is 9.47 Å². The summed E-state index contributed by atoms with van der Waals surface area (Å²) in [4.78, 5) is 8.43. The summed E-state index contributed by atoms with van der Waals surface area (Å²) in [6.45, 7) is 1.50. The van der Waals surface area contributed by atoms with E-state index in [0.29, 0.717) is 5.88 Å². The average Bonchev–Trinajstić information content (AvgIpc) is 3.00. The molecule has 0 aromatic carbocycles. The highest BCUT2D eigenvalue weighted by molar-refractivity contribution is 5.62. The zero-order valence-corrected chi connectivity index (χ0v) is 12.1. The lowest BCUT2D eigenvalue weighted by atomic mass is 10.2. The molecule has 1 saturated heterocycles. The van der Waals surface area contributed by atoms with Crippen molar-refractivity contribution in [3.63, 3.8) is 0 Å². The largest absolute Gasteiger partial charge is 0.473 e. The Bertz CT molecular complexity index is 766. The second kappa shape index (κ2) is 5.73. The molecule has 112 valence electrons. The SMILES string of the molecule is c1cc(-c2cnc3ccc(OC4CCOCC4)nn23)ccn1. The van der Waals surface area contributed by atoms with Crippen molar-refractivity contribution in [2.24, 2.45) is 0 Å². The molecule has 0 unspecified atom stereocenters. The van der Waals surface area contributed by atoms with E-state index in [1.54, 1.807) is 12.4 Å². The van der Waals surface area contributed by atoms with Gasteiger partial charge in [-0.2, -0.15) is 0 Å². The van der Waals surface area contributed by atoms with Gasteiger partial charge in [0.05, 0.1) is 25.1 Å². The van der Waals surface area contributed by atoms with Crippen LogP contribution in [-0.2, 0) is 4.74 Å². The zero-order valence-electron chi connectivity index (χ0n) is 12.1. The van der Waals surface area contributed by atoms with Crippen LogP contribution in [0.5, 0.6) is 5.88 Å². The molecule has 4 rings (SSSR count). The highest BCUT2D eigenvalue weighted by atomic mass is 16.5. The summed E-state index contributed by atoms with van der Waals surface area (Å²) >= 11 is 0. The highest BCUT2D eigenvalue weighted by Gasteiger charge is 2.16. The average molecular weight is 296 g/mol. The molecule has 0 N–H and O–H groups in total. The molecule has 0 aliphatic carbocycles. The first-order valence-corrected chi connectivity index (χ1v) is 7.40. The lowest BCUT2D eigenvalue weighted by Crippen LogP contribution is -2.26. The molecule has 4 heterocycles. The highest BCUT2D eigenvalue weighted by Crippen LogP contribution is 2.21. The van der Waals surface area contributed by atoms with Crippen LogP contribution in [0.25, 0.3) is 16.9 Å². The first kappa shape index (κ1) is 13.2. The Morgan fingerprint density at radius 1 is 1.09 bits per heavy atom. The van der Waals surface area contributed by atoms with Crippen LogP contribution in [-0.4, -0.2) is 38.9 Å². The minimum Gasteiger partial charge on any atom is -0.473 e. The van der Waals surface area contributed by atoms with Gasteiger partial charge < -0.3 is 9.47 Å². The number of ether oxygens (including phenoxy) is 2. The van der Waals surface area contributed by atoms with Crippen molar-refractivity contribution in [1.82, 2.24) is 19.6 Å². The predicted molar refractivity (Wildman–Crippen MR) is 80.7 cm³/mol. The van der Waals surface area contributed by atoms with E-state index in [9.17, 15) is 0 Å². The molecule has 0 spiro atoms. The number of aromatic nitrogens is 4. The molecule has 22 heavy (non-hydrogen) atoms. The van der Waals surface area contributed by atoms with E-state index in [-0.39, 0.29) is 6.10 Å². The molecule has 6 nitrogen and oxygen atoms in total. The van der Waals surface area contributed by atoms with Crippen molar-refractivity contribution in [1.29, 1.82) is 0 Å². The third kappa shape index (κ3) is 2.53. The Labute approximate surface area is 127 Å². The first-order chi connectivity index (χ1) is 10.9. The number of hydrogen-bond acceptors (Lipinski definition) is 5. The lowest BCUT2D eigenvalue weighted by molar-refractivity contribution is 0.0232. The Kier molecular flexibility index (Phi) is 3.44. The van der Waals surface area contributed by atoms with Gasteiger partial charge in [-0.25, -0.2) is 9.50 Å². The fraction of sp³-hybridized carbons (Fsp3) is 0.312. The molecule has 1 fully saturated rings. The summed E-state index contributed by atoms with van der Waals surface area (Å²) < 4.78 is 13.1. The summed E-state index contributed by atoms with van der Waals surface area (Å²) in [5, 5.41) is 4.58. The molecule has 0 radical (unpaired) electrons. The van der Waals surface area contributed by atoms with Crippen LogP contribution < -0.4 is 4.74 Å². The monoisotopic (exact) mass is 296 g/mol. The molecule has 6 heteroatoms. The van der Waals surface area contributed by atoms with Gasteiger partial charge in [0.2, 0.25) is 5.88 Å². The van der Waals surface area contributed by atoms with Gasteiger partial charge in [0, 0.05) is 36.9 Å². The second-order valence-corrected chi connectivity index (χ2v) is 5.25. The van der Waals surface area contributed by atoms with Gasteiger partial charge in [-0.15, -0.1) is 5.10 Å². The van der Waals surface area contributed by atoms with Crippen molar-refractivity contribution in [2.45, 2.75) is 18.9 Å². The molecule has 0 amide bonds. The molecule has 3 aromatic heterocycles. The number of pyridine rings is 1. The quantitative estimate of drug-likeness (QED) is 0.742. The predicted octanol–water partition coefficient (Wildman–Crippen LogP) is 2.35. The molecular weight excluding hydrogens is 280 g/mol. The third-order valence-electron chi connectivity index (χ3n) is 3.77. The molecular formula is C16H16N4O2. The number of hydrogen-bond donors (Lipinski definition) is 0. The van der Waals surface area contributed by atoms with E-state index in [2.05, 4.69) is 15.1 Å². The van der Waals surface area contributed by atoms with Gasteiger partial charge in [0.1, 0.15) is 6.10 Å². The van der Waals surface area contributed by atoms with E-state index < -0.39 is 0 Å². The van der Waals surface area contributed by atoms with Crippen LogP contribution in [0.4, 0.5) is 0 Å². The minimum atomic E-state index is 0.173. The van der Waals surface area contributed by atoms with E-state index in [1.807, 2.05) is 35.0 Å². The maximum Gasteiger partial charge on any atom is 0.232 e. The number of imidazole rings is 1.